The normalized spacial score (nSPS) is 12.7. The molecule has 0 aliphatic carbocycles. The van der Waals surface area contributed by atoms with Crippen molar-refractivity contribution in [1.82, 2.24) is 10.6 Å². The van der Waals surface area contributed by atoms with Crippen molar-refractivity contribution in [2.45, 2.75) is 31.8 Å². The molecule has 0 spiro atoms. The van der Waals surface area contributed by atoms with Crippen LogP contribution in [0.4, 0.5) is 4.39 Å². The highest BCUT2D eigenvalue weighted by atomic mass is 127. The SMILES string of the molecule is CC(=O)N[C@H](Cc1ccccc1F)C(=O)N[C@@H](Cc1ccccc1I)C(N)=O. The largest absolute Gasteiger partial charge is 0.368 e. The first-order valence-electron chi connectivity index (χ1n) is 8.61. The molecule has 3 amide bonds. The molecule has 8 heteroatoms. The average Bonchev–Trinajstić information content (AvgIpc) is 2.63. The molecule has 0 fully saturated rings. The van der Waals surface area contributed by atoms with E-state index in [1.165, 1.54) is 25.1 Å². The average molecular weight is 497 g/mol. The molecule has 2 rings (SSSR count). The molecule has 2 aromatic carbocycles. The van der Waals surface area contributed by atoms with E-state index in [4.69, 9.17) is 5.73 Å². The molecular weight excluding hydrogens is 476 g/mol. The Labute approximate surface area is 176 Å². The molecule has 0 radical (unpaired) electrons. The molecule has 6 nitrogen and oxygen atoms in total. The Morgan fingerprint density at radius 2 is 1.54 bits per heavy atom. The third-order valence-electron chi connectivity index (χ3n) is 4.12. The van der Waals surface area contributed by atoms with Gasteiger partial charge in [-0.2, -0.15) is 0 Å². The maximum Gasteiger partial charge on any atom is 0.243 e. The summed E-state index contributed by atoms with van der Waals surface area (Å²) in [6.45, 7) is 1.26. The summed E-state index contributed by atoms with van der Waals surface area (Å²) in [5, 5.41) is 5.09. The molecular formula is C20H21FIN3O3. The summed E-state index contributed by atoms with van der Waals surface area (Å²) >= 11 is 2.14. The number of benzene rings is 2. The Balaban J connectivity index is 2.17. The fraction of sp³-hybridized carbons (Fsp3) is 0.250. The second-order valence-corrected chi connectivity index (χ2v) is 7.47. The van der Waals surface area contributed by atoms with Crippen LogP contribution >= 0.6 is 22.6 Å². The van der Waals surface area contributed by atoms with Crippen molar-refractivity contribution in [3.63, 3.8) is 0 Å². The summed E-state index contributed by atoms with van der Waals surface area (Å²) in [5.74, 6) is -2.21. The van der Waals surface area contributed by atoms with Crippen LogP contribution in [-0.2, 0) is 27.2 Å². The zero-order valence-electron chi connectivity index (χ0n) is 15.2. The maximum absolute atomic E-state index is 14.0. The van der Waals surface area contributed by atoms with E-state index in [-0.39, 0.29) is 18.4 Å². The van der Waals surface area contributed by atoms with Crippen LogP contribution in [0.1, 0.15) is 18.1 Å². The van der Waals surface area contributed by atoms with Gasteiger partial charge in [0.25, 0.3) is 0 Å². The van der Waals surface area contributed by atoms with Crippen LogP contribution in [-0.4, -0.2) is 29.8 Å². The first-order chi connectivity index (χ1) is 13.3. The lowest BCUT2D eigenvalue weighted by Crippen LogP contribution is -2.54. The zero-order chi connectivity index (χ0) is 20.7. The van der Waals surface area contributed by atoms with Gasteiger partial charge in [-0.25, -0.2) is 4.39 Å². The van der Waals surface area contributed by atoms with Gasteiger partial charge in [0.2, 0.25) is 17.7 Å². The van der Waals surface area contributed by atoms with E-state index in [1.807, 2.05) is 24.3 Å². The lowest BCUT2D eigenvalue weighted by molar-refractivity contribution is -0.130. The van der Waals surface area contributed by atoms with Crippen LogP contribution in [0.2, 0.25) is 0 Å². The highest BCUT2D eigenvalue weighted by Gasteiger charge is 2.26. The van der Waals surface area contributed by atoms with Gasteiger partial charge in [0.1, 0.15) is 17.9 Å². The summed E-state index contributed by atoms with van der Waals surface area (Å²) in [5.41, 5.74) is 6.60. The second-order valence-electron chi connectivity index (χ2n) is 6.31. The predicted octanol–water partition coefficient (Wildman–Crippen LogP) is 1.69. The van der Waals surface area contributed by atoms with Crippen LogP contribution in [0.3, 0.4) is 0 Å². The van der Waals surface area contributed by atoms with E-state index in [0.29, 0.717) is 0 Å². The summed E-state index contributed by atoms with van der Waals surface area (Å²) < 4.78 is 14.9. The highest BCUT2D eigenvalue weighted by molar-refractivity contribution is 14.1. The summed E-state index contributed by atoms with van der Waals surface area (Å²) in [6, 6.07) is 11.4. The van der Waals surface area contributed by atoms with Gasteiger partial charge in [0, 0.05) is 23.3 Å². The number of amides is 3. The molecule has 0 saturated carbocycles. The minimum atomic E-state index is -1.04. The highest BCUT2D eigenvalue weighted by Crippen LogP contribution is 2.14. The summed E-state index contributed by atoms with van der Waals surface area (Å²) in [6.07, 6.45) is 0.166. The monoisotopic (exact) mass is 497 g/mol. The van der Waals surface area contributed by atoms with Gasteiger partial charge in [-0.1, -0.05) is 36.4 Å². The van der Waals surface area contributed by atoms with Crippen LogP contribution in [0.5, 0.6) is 0 Å². The number of halogens is 2. The van der Waals surface area contributed by atoms with Crippen LogP contribution in [0, 0.1) is 9.39 Å². The van der Waals surface area contributed by atoms with E-state index in [9.17, 15) is 18.8 Å². The minimum absolute atomic E-state index is 0.0492. The van der Waals surface area contributed by atoms with Crippen molar-refractivity contribution >= 4 is 40.3 Å². The molecule has 0 saturated heterocycles. The third kappa shape index (κ3) is 6.29. The lowest BCUT2D eigenvalue weighted by atomic mass is 10.0. The molecule has 28 heavy (non-hydrogen) atoms. The van der Waals surface area contributed by atoms with E-state index in [0.717, 1.165) is 9.13 Å². The first-order valence-corrected chi connectivity index (χ1v) is 9.69. The van der Waals surface area contributed by atoms with Gasteiger partial charge in [0.15, 0.2) is 0 Å². The fourth-order valence-corrected chi connectivity index (χ4v) is 3.33. The van der Waals surface area contributed by atoms with E-state index >= 15 is 0 Å². The standard InChI is InChI=1S/C20H21FIN3O3/c1-12(26)24-18(10-13-6-2-4-8-15(13)21)20(28)25-17(19(23)27)11-14-7-3-5-9-16(14)22/h2-9,17-18H,10-11H2,1H3,(H2,23,27)(H,24,26)(H,25,28)/t17-,18+/m0/s1. The maximum atomic E-state index is 14.0. The Morgan fingerprint density at radius 1 is 0.964 bits per heavy atom. The molecule has 0 aliphatic heterocycles. The number of hydrogen-bond acceptors (Lipinski definition) is 3. The van der Waals surface area contributed by atoms with Gasteiger partial charge in [-0.05, 0) is 45.9 Å². The third-order valence-corrected chi connectivity index (χ3v) is 5.17. The molecule has 2 aromatic rings. The molecule has 4 N–H and O–H groups in total. The summed E-state index contributed by atoms with van der Waals surface area (Å²) in [7, 11) is 0. The van der Waals surface area contributed by atoms with E-state index in [2.05, 4.69) is 33.2 Å². The van der Waals surface area contributed by atoms with Crippen molar-refractivity contribution in [1.29, 1.82) is 0 Å². The first kappa shape index (κ1) is 21.8. The van der Waals surface area contributed by atoms with Gasteiger partial charge in [0.05, 0.1) is 0 Å². The van der Waals surface area contributed by atoms with Gasteiger partial charge < -0.3 is 16.4 Å². The minimum Gasteiger partial charge on any atom is -0.368 e. The zero-order valence-corrected chi connectivity index (χ0v) is 17.4. The van der Waals surface area contributed by atoms with Crippen molar-refractivity contribution in [3.05, 3.63) is 69.0 Å². The van der Waals surface area contributed by atoms with Crippen molar-refractivity contribution in [2.24, 2.45) is 5.73 Å². The number of carbonyl (C=O) groups excluding carboxylic acids is 3. The Kier molecular flexibility index (Phi) is 7.91. The smallest absolute Gasteiger partial charge is 0.243 e. The van der Waals surface area contributed by atoms with Crippen LogP contribution in [0.25, 0.3) is 0 Å². The topological polar surface area (TPSA) is 101 Å². The fourth-order valence-electron chi connectivity index (χ4n) is 2.72. The Bertz CT molecular complexity index is 875. The van der Waals surface area contributed by atoms with E-state index < -0.39 is 35.6 Å². The Hall–Kier alpha value is -2.49. The summed E-state index contributed by atoms with van der Waals surface area (Å²) in [4.78, 5) is 36.1. The second kappa shape index (κ2) is 10.2. The van der Waals surface area contributed by atoms with Crippen molar-refractivity contribution in [3.8, 4) is 0 Å². The molecule has 0 bridgehead atoms. The lowest BCUT2D eigenvalue weighted by Gasteiger charge is -2.22. The number of nitrogens with two attached hydrogens (primary N) is 1. The number of nitrogens with one attached hydrogen (secondary N) is 2. The van der Waals surface area contributed by atoms with Gasteiger partial charge in [-0.15, -0.1) is 0 Å². The molecule has 0 aromatic heterocycles. The number of primary amides is 1. The molecule has 0 unspecified atom stereocenters. The van der Waals surface area contributed by atoms with Gasteiger partial charge in [-0.3, -0.25) is 14.4 Å². The number of carbonyl (C=O) groups is 3. The quantitative estimate of drug-likeness (QED) is 0.484. The Morgan fingerprint density at radius 3 is 2.11 bits per heavy atom. The molecule has 2 atom stereocenters. The van der Waals surface area contributed by atoms with Crippen LogP contribution < -0.4 is 16.4 Å². The number of hydrogen-bond donors (Lipinski definition) is 3. The molecule has 0 aliphatic rings. The van der Waals surface area contributed by atoms with Crippen molar-refractivity contribution in [2.75, 3.05) is 0 Å². The van der Waals surface area contributed by atoms with Crippen molar-refractivity contribution < 1.29 is 18.8 Å². The molecule has 0 heterocycles. The van der Waals surface area contributed by atoms with E-state index in [1.54, 1.807) is 6.07 Å². The van der Waals surface area contributed by atoms with Gasteiger partial charge >= 0.3 is 0 Å². The molecule has 148 valence electrons. The van der Waals surface area contributed by atoms with Crippen LogP contribution in [0.15, 0.2) is 48.5 Å². The predicted molar refractivity (Wildman–Crippen MR) is 112 cm³/mol. The number of rotatable bonds is 8.